The number of esters is 2. The Morgan fingerprint density at radius 3 is 1.40 bits per heavy atom. The van der Waals surface area contributed by atoms with Gasteiger partial charge < -0.3 is 39.9 Å². The van der Waals surface area contributed by atoms with Crippen LogP contribution >= 0.6 is 7.82 Å². The Hall–Kier alpha value is -3.49. The molecule has 0 saturated heterocycles. The van der Waals surface area contributed by atoms with Crippen molar-refractivity contribution < 1.29 is 63.1 Å². The standard InChI is InChI=1S/C43H65O13P/c1-3-5-7-9-11-13-15-17-18-20-21-23-25-27-29-31-36(44)53-33-35(34-54-57(51,52)56-43-41(49)39(47)38(46)40(48)42(43)50)55-37(45)32-30-28-26-24-22-19-16-14-12-10-8-6-4-2/h5-22,35,38-43,46-50H,3-4,23-34H2,1-2H3,(H,51,52)/b7-5+,8-6+,11-9+,12-10+,15-13+,16-14+,18-17+,21-20+,22-19+/t35?,38?,39-,40?,41?,42?,43?/m0/s1. The lowest BCUT2D eigenvalue weighted by molar-refractivity contribution is -0.220. The van der Waals surface area contributed by atoms with Crippen molar-refractivity contribution in [3.8, 4) is 0 Å². The number of aliphatic hydroxyl groups excluding tert-OH is 5. The lowest BCUT2D eigenvalue weighted by Crippen LogP contribution is -2.64. The molecule has 320 valence electrons. The second-order valence-corrected chi connectivity index (χ2v) is 14.6. The third-order valence-electron chi connectivity index (χ3n) is 8.33. The number of hydrogen-bond acceptors (Lipinski definition) is 12. The van der Waals surface area contributed by atoms with E-state index in [0.29, 0.717) is 12.8 Å². The van der Waals surface area contributed by atoms with Crippen LogP contribution in [0.15, 0.2) is 109 Å². The van der Waals surface area contributed by atoms with Gasteiger partial charge in [-0.05, 0) is 51.4 Å². The first-order valence-corrected chi connectivity index (χ1v) is 21.3. The van der Waals surface area contributed by atoms with Gasteiger partial charge >= 0.3 is 19.8 Å². The van der Waals surface area contributed by atoms with E-state index < -0.39 is 75.7 Å². The van der Waals surface area contributed by atoms with Gasteiger partial charge in [0.1, 0.15) is 43.2 Å². The van der Waals surface area contributed by atoms with E-state index in [1.807, 2.05) is 97.2 Å². The minimum absolute atomic E-state index is 0.0329. The van der Waals surface area contributed by atoms with E-state index in [9.17, 15) is 44.6 Å². The molecule has 1 saturated carbocycles. The van der Waals surface area contributed by atoms with Crippen LogP contribution in [-0.4, -0.2) is 98.3 Å². The zero-order chi connectivity index (χ0) is 42.2. The summed E-state index contributed by atoms with van der Waals surface area (Å²) in [4.78, 5) is 35.5. The highest BCUT2D eigenvalue weighted by molar-refractivity contribution is 7.47. The van der Waals surface area contributed by atoms with Crippen molar-refractivity contribution in [2.45, 2.75) is 134 Å². The van der Waals surface area contributed by atoms with Gasteiger partial charge in [-0.25, -0.2) is 4.57 Å². The molecule has 1 aliphatic carbocycles. The lowest BCUT2D eigenvalue weighted by atomic mass is 9.85. The second-order valence-electron chi connectivity index (χ2n) is 13.2. The monoisotopic (exact) mass is 820 g/mol. The number of carbonyl (C=O) groups excluding carboxylic acids is 2. The predicted octanol–water partition coefficient (Wildman–Crippen LogP) is 6.49. The summed E-state index contributed by atoms with van der Waals surface area (Å²) >= 11 is 0. The highest BCUT2D eigenvalue weighted by atomic mass is 31.2. The molecule has 0 bridgehead atoms. The SMILES string of the molecule is CC/C=C/C=C/C=C/C=C/C=C/CCCCCC(=O)OCC(COP(=O)(O)OC1C(O)C(O)C(O)[C@H](O)C1O)OC(=O)CCCCC/C=C/C=C/C=C/C=C/CC. The maximum absolute atomic E-state index is 12.8. The quantitative estimate of drug-likeness (QED) is 0.0207. The first kappa shape index (κ1) is 51.5. The maximum atomic E-state index is 12.8. The van der Waals surface area contributed by atoms with E-state index in [4.69, 9.17) is 18.5 Å². The maximum Gasteiger partial charge on any atom is 0.472 e. The van der Waals surface area contributed by atoms with Gasteiger partial charge in [0, 0.05) is 12.8 Å². The fourth-order valence-corrected chi connectivity index (χ4v) is 6.11. The van der Waals surface area contributed by atoms with E-state index in [2.05, 4.69) is 26.0 Å². The number of unbranched alkanes of at least 4 members (excludes halogenated alkanes) is 6. The van der Waals surface area contributed by atoms with Gasteiger partial charge in [0.2, 0.25) is 0 Å². The summed E-state index contributed by atoms with van der Waals surface area (Å²) in [7, 11) is -5.14. The Morgan fingerprint density at radius 2 is 0.947 bits per heavy atom. The highest BCUT2D eigenvalue weighted by Gasteiger charge is 2.51. The summed E-state index contributed by atoms with van der Waals surface area (Å²) in [6.07, 6.45) is 30.2. The summed E-state index contributed by atoms with van der Waals surface area (Å²) in [6.45, 7) is 2.89. The molecule has 14 heteroatoms. The Bertz CT molecular complexity index is 1410. The number of ether oxygens (including phenoxy) is 2. The van der Waals surface area contributed by atoms with Gasteiger partial charge in [-0.2, -0.15) is 0 Å². The molecule has 1 aliphatic rings. The number of phosphoric acid groups is 1. The van der Waals surface area contributed by atoms with Crippen LogP contribution in [-0.2, 0) is 32.7 Å². The van der Waals surface area contributed by atoms with Crippen LogP contribution < -0.4 is 0 Å². The summed E-state index contributed by atoms with van der Waals surface area (Å²) in [5.74, 6) is -1.21. The minimum atomic E-state index is -5.14. The molecule has 1 rings (SSSR count). The zero-order valence-electron chi connectivity index (χ0n) is 33.3. The number of allylic oxidation sites excluding steroid dienone is 18. The Balaban J connectivity index is 2.61. The Morgan fingerprint density at radius 1 is 0.544 bits per heavy atom. The fourth-order valence-electron chi connectivity index (χ4n) is 5.14. The molecule has 0 heterocycles. The molecule has 8 atom stereocenters. The Kier molecular flexibility index (Phi) is 29.3. The van der Waals surface area contributed by atoms with Crippen LogP contribution in [0.5, 0.6) is 0 Å². The van der Waals surface area contributed by atoms with Crippen LogP contribution in [0, 0.1) is 0 Å². The largest absolute Gasteiger partial charge is 0.472 e. The molecule has 0 aromatic carbocycles. The normalized spacial score (nSPS) is 23.9. The minimum Gasteiger partial charge on any atom is -0.462 e. The lowest BCUT2D eigenvalue weighted by Gasteiger charge is -2.41. The first-order chi connectivity index (χ1) is 27.4. The molecule has 57 heavy (non-hydrogen) atoms. The number of carbonyl (C=O) groups is 2. The van der Waals surface area contributed by atoms with E-state index >= 15 is 0 Å². The zero-order valence-corrected chi connectivity index (χ0v) is 34.2. The first-order valence-electron chi connectivity index (χ1n) is 19.8. The number of rotatable bonds is 29. The average molecular weight is 821 g/mol. The molecule has 0 aliphatic heterocycles. The van der Waals surface area contributed by atoms with Gasteiger partial charge in [0.05, 0.1) is 6.61 Å². The molecule has 0 aromatic rings. The molecule has 0 spiro atoms. The summed E-state index contributed by atoms with van der Waals surface area (Å²) < 4.78 is 33.3. The third kappa shape index (κ3) is 25.5. The molecule has 1 fully saturated rings. The van der Waals surface area contributed by atoms with Crippen molar-refractivity contribution in [2.75, 3.05) is 13.2 Å². The molecule has 0 aromatic heterocycles. The van der Waals surface area contributed by atoms with E-state index in [1.165, 1.54) is 0 Å². The van der Waals surface area contributed by atoms with Crippen molar-refractivity contribution in [3.63, 3.8) is 0 Å². The molecule has 0 amide bonds. The average Bonchev–Trinajstić information content (AvgIpc) is 3.19. The topological polar surface area (TPSA) is 210 Å². The summed E-state index contributed by atoms with van der Waals surface area (Å²) in [5.41, 5.74) is 0. The van der Waals surface area contributed by atoms with Crippen molar-refractivity contribution in [1.29, 1.82) is 0 Å². The highest BCUT2D eigenvalue weighted by Crippen LogP contribution is 2.47. The molecular weight excluding hydrogens is 755 g/mol. The number of hydrogen-bond donors (Lipinski definition) is 6. The van der Waals surface area contributed by atoms with Crippen molar-refractivity contribution in [3.05, 3.63) is 109 Å². The van der Waals surface area contributed by atoms with Crippen LogP contribution in [0.4, 0.5) is 0 Å². The molecule has 13 nitrogen and oxygen atoms in total. The Labute approximate surface area is 338 Å². The summed E-state index contributed by atoms with van der Waals surface area (Å²) in [5, 5.41) is 50.0. The van der Waals surface area contributed by atoms with Crippen LogP contribution in [0.3, 0.4) is 0 Å². The van der Waals surface area contributed by atoms with E-state index in [-0.39, 0.29) is 12.8 Å². The second kappa shape index (κ2) is 32.5. The summed E-state index contributed by atoms with van der Waals surface area (Å²) in [6, 6.07) is 0. The van der Waals surface area contributed by atoms with Gasteiger partial charge in [0.15, 0.2) is 6.10 Å². The fraction of sp³-hybridized carbons (Fsp3) is 0.535. The van der Waals surface area contributed by atoms with Crippen LogP contribution in [0.25, 0.3) is 0 Å². The number of phosphoric ester groups is 1. The molecule has 0 radical (unpaired) electrons. The van der Waals surface area contributed by atoms with E-state index in [0.717, 1.165) is 51.4 Å². The van der Waals surface area contributed by atoms with Gasteiger partial charge in [0.25, 0.3) is 0 Å². The predicted molar refractivity (Wildman–Crippen MR) is 221 cm³/mol. The van der Waals surface area contributed by atoms with Gasteiger partial charge in [-0.1, -0.05) is 136 Å². The van der Waals surface area contributed by atoms with Crippen molar-refractivity contribution in [1.82, 2.24) is 0 Å². The molecule has 6 N–H and O–H groups in total. The van der Waals surface area contributed by atoms with Crippen molar-refractivity contribution in [2.24, 2.45) is 0 Å². The van der Waals surface area contributed by atoms with Crippen LogP contribution in [0.1, 0.15) is 90.9 Å². The third-order valence-corrected chi connectivity index (χ3v) is 9.32. The van der Waals surface area contributed by atoms with Crippen molar-refractivity contribution >= 4 is 19.8 Å². The molecule has 7 unspecified atom stereocenters. The van der Waals surface area contributed by atoms with Crippen LogP contribution in [0.2, 0.25) is 0 Å². The number of aliphatic hydroxyl groups is 5. The van der Waals surface area contributed by atoms with Gasteiger partial charge in [-0.15, -0.1) is 0 Å². The smallest absolute Gasteiger partial charge is 0.462 e. The molecular formula is C43H65O13P. The van der Waals surface area contributed by atoms with Gasteiger partial charge in [-0.3, -0.25) is 18.6 Å². The van der Waals surface area contributed by atoms with E-state index in [1.54, 1.807) is 0 Å².